The largest absolute Gasteiger partial charge is 0.353 e. The number of piperidine rings is 1. The number of hydrogen-bond donors (Lipinski definition) is 1. The summed E-state index contributed by atoms with van der Waals surface area (Å²) in [5.41, 5.74) is 0.958. The second-order valence-corrected chi connectivity index (χ2v) is 7.27. The number of likely N-dealkylation sites (tertiary alicyclic amines) is 1. The quantitative estimate of drug-likeness (QED) is 0.626. The smallest absolute Gasteiger partial charge is 0.274 e. The summed E-state index contributed by atoms with van der Waals surface area (Å²) < 4.78 is 1.52. The third-order valence-corrected chi connectivity index (χ3v) is 5.21. The lowest BCUT2D eigenvalue weighted by atomic mass is 9.95. The molecule has 1 aliphatic carbocycles. The van der Waals surface area contributed by atoms with E-state index < -0.39 is 4.92 Å². The zero-order valence-electron chi connectivity index (χ0n) is 15.3. The second kappa shape index (κ2) is 7.41. The average Bonchev–Trinajstić information content (AvgIpc) is 3.39. The van der Waals surface area contributed by atoms with E-state index in [1.54, 1.807) is 29.3 Å². The van der Waals surface area contributed by atoms with Crippen molar-refractivity contribution < 1.29 is 14.5 Å². The summed E-state index contributed by atoms with van der Waals surface area (Å²) in [6, 6.07) is 7.96. The van der Waals surface area contributed by atoms with Crippen LogP contribution in [0.5, 0.6) is 0 Å². The van der Waals surface area contributed by atoms with Gasteiger partial charge >= 0.3 is 0 Å². The van der Waals surface area contributed by atoms with Crippen LogP contribution in [0.4, 0.5) is 5.69 Å². The van der Waals surface area contributed by atoms with Gasteiger partial charge in [0.25, 0.3) is 11.6 Å². The van der Waals surface area contributed by atoms with Gasteiger partial charge in [-0.05, 0) is 43.9 Å². The van der Waals surface area contributed by atoms with Gasteiger partial charge in [-0.1, -0.05) is 0 Å². The van der Waals surface area contributed by atoms with Gasteiger partial charge in [0.15, 0.2) is 5.69 Å². The maximum atomic E-state index is 12.7. The molecule has 1 saturated carbocycles. The number of carbonyl (C=O) groups is 2. The molecule has 0 atom stereocenters. The molecule has 2 amide bonds. The molecule has 0 bridgehead atoms. The molecule has 0 radical (unpaired) electrons. The molecule has 2 heterocycles. The number of nitrogens with one attached hydrogen (secondary N) is 1. The van der Waals surface area contributed by atoms with Crippen molar-refractivity contribution in [1.29, 1.82) is 0 Å². The van der Waals surface area contributed by atoms with E-state index in [0.717, 1.165) is 12.8 Å². The Labute approximate surface area is 161 Å². The van der Waals surface area contributed by atoms with Gasteiger partial charge in [-0.15, -0.1) is 0 Å². The molecule has 9 heteroatoms. The fourth-order valence-corrected chi connectivity index (χ4v) is 3.36. The number of amides is 2. The average molecular weight is 383 g/mol. The molecule has 1 aromatic carbocycles. The molecule has 28 heavy (non-hydrogen) atoms. The standard InChI is InChI=1S/C19H21N5O4/c25-18(20-14-1-2-14)13-7-10-22(11-8-13)19(26)17-9-12-23(21-17)15-3-5-16(6-4-15)24(27)28/h3-6,9,12-14H,1-2,7-8,10-11H2,(H,20,25). The molecular weight excluding hydrogens is 362 g/mol. The maximum absolute atomic E-state index is 12.7. The lowest BCUT2D eigenvalue weighted by Gasteiger charge is -2.30. The van der Waals surface area contributed by atoms with E-state index in [0.29, 0.717) is 43.4 Å². The molecular formula is C19H21N5O4. The monoisotopic (exact) mass is 383 g/mol. The number of nitro benzene ring substituents is 1. The van der Waals surface area contributed by atoms with E-state index in [4.69, 9.17) is 0 Å². The molecule has 1 aromatic heterocycles. The van der Waals surface area contributed by atoms with Crippen molar-refractivity contribution >= 4 is 17.5 Å². The molecule has 2 fully saturated rings. The summed E-state index contributed by atoms with van der Waals surface area (Å²) in [5.74, 6) is -0.0823. The van der Waals surface area contributed by atoms with Crippen LogP contribution in [0.15, 0.2) is 36.5 Å². The lowest BCUT2D eigenvalue weighted by Crippen LogP contribution is -2.43. The first-order valence-electron chi connectivity index (χ1n) is 9.41. The highest BCUT2D eigenvalue weighted by atomic mass is 16.6. The van der Waals surface area contributed by atoms with Crippen molar-refractivity contribution in [3.8, 4) is 5.69 Å². The van der Waals surface area contributed by atoms with E-state index in [9.17, 15) is 19.7 Å². The van der Waals surface area contributed by atoms with Crippen LogP contribution >= 0.6 is 0 Å². The SMILES string of the molecule is O=C(NC1CC1)C1CCN(C(=O)c2ccn(-c3ccc([N+](=O)[O-])cc3)n2)CC1. The Kier molecular flexibility index (Phi) is 4.81. The molecule has 1 saturated heterocycles. The van der Waals surface area contributed by atoms with Crippen LogP contribution in [-0.2, 0) is 4.79 Å². The number of nitro groups is 1. The summed E-state index contributed by atoms with van der Waals surface area (Å²) in [7, 11) is 0. The number of aromatic nitrogens is 2. The zero-order valence-corrected chi connectivity index (χ0v) is 15.3. The summed E-state index contributed by atoms with van der Waals surface area (Å²) in [4.78, 5) is 36.9. The normalized spacial score (nSPS) is 17.4. The topological polar surface area (TPSA) is 110 Å². The Morgan fingerprint density at radius 3 is 2.36 bits per heavy atom. The first-order valence-corrected chi connectivity index (χ1v) is 9.41. The van der Waals surface area contributed by atoms with Crippen molar-refractivity contribution in [2.24, 2.45) is 5.92 Å². The number of hydrogen-bond acceptors (Lipinski definition) is 5. The van der Waals surface area contributed by atoms with Crippen LogP contribution in [0, 0.1) is 16.0 Å². The number of rotatable bonds is 5. The Balaban J connectivity index is 1.36. The van der Waals surface area contributed by atoms with Crippen molar-refractivity contribution in [1.82, 2.24) is 20.0 Å². The van der Waals surface area contributed by atoms with Crippen molar-refractivity contribution in [2.45, 2.75) is 31.7 Å². The molecule has 1 aliphatic heterocycles. The van der Waals surface area contributed by atoms with E-state index in [2.05, 4.69) is 10.4 Å². The van der Waals surface area contributed by atoms with Gasteiger partial charge in [0.2, 0.25) is 5.91 Å². The maximum Gasteiger partial charge on any atom is 0.274 e. The fraction of sp³-hybridized carbons (Fsp3) is 0.421. The molecule has 2 aliphatic rings. The third kappa shape index (κ3) is 3.88. The molecule has 1 N–H and O–H groups in total. The third-order valence-electron chi connectivity index (χ3n) is 5.21. The van der Waals surface area contributed by atoms with Gasteiger partial charge in [-0.25, -0.2) is 4.68 Å². The highest BCUT2D eigenvalue weighted by Gasteiger charge is 2.31. The van der Waals surface area contributed by atoms with Crippen LogP contribution in [0.25, 0.3) is 5.69 Å². The van der Waals surface area contributed by atoms with Crippen LogP contribution in [0.1, 0.15) is 36.2 Å². The predicted octanol–water partition coefficient (Wildman–Crippen LogP) is 1.91. The fourth-order valence-electron chi connectivity index (χ4n) is 3.36. The number of benzene rings is 1. The molecule has 4 rings (SSSR count). The second-order valence-electron chi connectivity index (χ2n) is 7.27. The first-order chi connectivity index (χ1) is 13.5. The zero-order chi connectivity index (χ0) is 19.7. The van der Waals surface area contributed by atoms with Crippen LogP contribution < -0.4 is 5.32 Å². The van der Waals surface area contributed by atoms with Gasteiger partial charge in [0.05, 0.1) is 10.6 Å². The van der Waals surface area contributed by atoms with Gasteiger partial charge in [0.1, 0.15) is 0 Å². The van der Waals surface area contributed by atoms with Gasteiger partial charge in [-0.3, -0.25) is 19.7 Å². The summed E-state index contributed by atoms with van der Waals surface area (Å²) >= 11 is 0. The van der Waals surface area contributed by atoms with Crippen molar-refractivity contribution in [3.05, 3.63) is 52.3 Å². The van der Waals surface area contributed by atoms with E-state index in [1.165, 1.54) is 16.8 Å². The molecule has 0 unspecified atom stereocenters. The molecule has 0 spiro atoms. The van der Waals surface area contributed by atoms with Crippen molar-refractivity contribution in [3.63, 3.8) is 0 Å². The van der Waals surface area contributed by atoms with Crippen molar-refractivity contribution in [2.75, 3.05) is 13.1 Å². The Morgan fingerprint density at radius 1 is 1.07 bits per heavy atom. The van der Waals surface area contributed by atoms with Gasteiger partial charge < -0.3 is 10.2 Å². The van der Waals surface area contributed by atoms with E-state index in [-0.39, 0.29) is 23.4 Å². The first kappa shape index (κ1) is 18.1. The number of carbonyl (C=O) groups excluding carboxylic acids is 2. The van der Waals surface area contributed by atoms with E-state index >= 15 is 0 Å². The van der Waals surface area contributed by atoms with Gasteiger partial charge in [-0.2, -0.15) is 5.10 Å². The highest BCUT2D eigenvalue weighted by molar-refractivity contribution is 5.92. The minimum absolute atomic E-state index is 0.000740. The molecule has 2 aromatic rings. The minimum atomic E-state index is -0.462. The summed E-state index contributed by atoms with van der Waals surface area (Å²) in [6.45, 7) is 1.07. The predicted molar refractivity (Wildman–Crippen MR) is 100 cm³/mol. The number of non-ortho nitro benzene ring substituents is 1. The summed E-state index contributed by atoms with van der Waals surface area (Å²) in [6.07, 6.45) is 5.12. The highest BCUT2D eigenvalue weighted by Crippen LogP contribution is 2.23. The van der Waals surface area contributed by atoms with E-state index in [1.807, 2.05) is 0 Å². The Morgan fingerprint density at radius 2 is 1.75 bits per heavy atom. The molecule has 146 valence electrons. The van der Waals surface area contributed by atoms with Crippen LogP contribution in [-0.4, -0.2) is 50.5 Å². The van der Waals surface area contributed by atoms with Crippen LogP contribution in [0.3, 0.4) is 0 Å². The minimum Gasteiger partial charge on any atom is -0.353 e. The Hall–Kier alpha value is -3.23. The summed E-state index contributed by atoms with van der Waals surface area (Å²) in [5, 5.41) is 18.1. The van der Waals surface area contributed by atoms with Gasteiger partial charge in [0, 0.05) is 43.4 Å². The lowest BCUT2D eigenvalue weighted by molar-refractivity contribution is -0.384. The molecule has 9 nitrogen and oxygen atoms in total. The van der Waals surface area contributed by atoms with Crippen LogP contribution in [0.2, 0.25) is 0 Å². The number of nitrogens with zero attached hydrogens (tertiary/aromatic N) is 4. The Bertz CT molecular complexity index is 895.